The lowest BCUT2D eigenvalue weighted by molar-refractivity contribution is 0.555. The highest BCUT2D eigenvalue weighted by atomic mass is 32.2. The van der Waals surface area contributed by atoms with Crippen LogP contribution in [-0.4, -0.2) is 37.9 Å². The number of unbranched alkanes of at least 4 members (excludes halogenated alkanes) is 6. The maximum absolute atomic E-state index is 5.18. The number of anilines is 1. The molecule has 0 atom stereocenters. The fourth-order valence-electron chi connectivity index (χ4n) is 2.72. The van der Waals surface area contributed by atoms with Crippen molar-refractivity contribution in [3.8, 4) is 0 Å². The molecule has 6 nitrogen and oxygen atoms in total. The van der Waals surface area contributed by atoms with Gasteiger partial charge in [0.2, 0.25) is 0 Å². The number of nitrogens with one attached hydrogen (secondary N) is 2. The van der Waals surface area contributed by atoms with Gasteiger partial charge in [0.1, 0.15) is 9.84 Å². The summed E-state index contributed by atoms with van der Waals surface area (Å²) >= 11 is 6.52. The fourth-order valence-corrected chi connectivity index (χ4v) is 3.48. The molecular formula is C17H28N6S2. The van der Waals surface area contributed by atoms with Gasteiger partial charge in [-0.05, 0) is 18.2 Å². The van der Waals surface area contributed by atoms with Gasteiger partial charge in [-0.15, -0.1) is 0 Å². The summed E-state index contributed by atoms with van der Waals surface area (Å²) in [6, 6.07) is 0. The van der Waals surface area contributed by atoms with E-state index in [1.807, 2.05) is 13.4 Å². The van der Waals surface area contributed by atoms with Crippen LogP contribution < -0.4 is 10.6 Å². The molecule has 0 aliphatic rings. The van der Waals surface area contributed by atoms with E-state index in [9.17, 15) is 0 Å². The van der Waals surface area contributed by atoms with E-state index in [0.717, 1.165) is 24.3 Å². The molecule has 25 heavy (non-hydrogen) atoms. The SMILES string of the molecule is CCCCCCCCCn1cnc2nc(SC(=S)NC)nc(NC)c21. The Morgan fingerprint density at radius 1 is 1.12 bits per heavy atom. The van der Waals surface area contributed by atoms with E-state index in [-0.39, 0.29) is 0 Å². The number of imidazole rings is 1. The molecule has 2 heterocycles. The summed E-state index contributed by atoms with van der Waals surface area (Å²) in [5.74, 6) is 0.798. The van der Waals surface area contributed by atoms with Gasteiger partial charge in [0.15, 0.2) is 16.6 Å². The summed E-state index contributed by atoms with van der Waals surface area (Å²) in [5, 5.41) is 6.70. The highest BCUT2D eigenvalue weighted by Gasteiger charge is 2.14. The minimum Gasteiger partial charge on any atom is -0.374 e. The van der Waals surface area contributed by atoms with E-state index in [0.29, 0.717) is 15.1 Å². The maximum Gasteiger partial charge on any atom is 0.198 e. The number of hydrogen-bond donors (Lipinski definition) is 2. The van der Waals surface area contributed by atoms with Crippen LogP contribution in [0.1, 0.15) is 51.9 Å². The Hall–Kier alpha value is -1.41. The molecule has 2 rings (SSSR count). The number of fused-ring (bicyclic) bond motifs is 1. The first-order valence-electron chi connectivity index (χ1n) is 8.99. The minimum atomic E-state index is 0.609. The second-order valence-electron chi connectivity index (χ2n) is 5.98. The molecule has 0 amide bonds. The van der Waals surface area contributed by atoms with E-state index < -0.39 is 0 Å². The zero-order valence-electron chi connectivity index (χ0n) is 15.3. The Kier molecular flexibility index (Phi) is 8.40. The Morgan fingerprint density at radius 3 is 2.52 bits per heavy atom. The molecule has 0 aromatic carbocycles. The molecule has 0 saturated carbocycles. The molecular weight excluding hydrogens is 352 g/mol. The van der Waals surface area contributed by atoms with Crippen molar-refractivity contribution in [2.24, 2.45) is 0 Å². The summed E-state index contributed by atoms with van der Waals surface area (Å²) in [6.07, 6.45) is 10.9. The highest BCUT2D eigenvalue weighted by molar-refractivity contribution is 8.22. The first-order chi connectivity index (χ1) is 12.2. The molecule has 138 valence electrons. The lowest BCUT2D eigenvalue weighted by atomic mass is 10.1. The van der Waals surface area contributed by atoms with Crippen LogP contribution in [0.2, 0.25) is 0 Å². The van der Waals surface area contributed by atoms with E-state index in [2.05, 4.69) is 37.1 Å². The van der Waals surface area contributed by atoms with E-state index in [4.69, 9.17) is 12.2 Å². The zero-order valence-corrected chi connectivity index (χ0v) is 17.0. The largest absolute Gasteiger partial charge is 0.374 e. The second-order valence-corrected chi connectivity index (χ2v) is 7.62. The minimum absolute atomic E-state index is 0.609. The lowest BCUT2D eigenvalue weighted by Crippen LogP contribution is -2.12. The van der Waals surface area contributed by atoms with Crippen LogP contribution in [-0.2, 0) is 6.54 Å². The van der Waals surface area contributed by atoms with Gasteiger partial charge < -0.3 is 15.2 Å². The summed E-state index contributed by atoms with van der Waals surface area (Å²) in [5.41, 5.74) is 1.68. The average Bonchev–Trinajstić information content (AvgIpc) is 3.03. The number of thiocarbonyl (C=S) groups is 1. The van der Waals surface area contributed by atoms with E-state index >= 15 is 0 Å². The molecule has 2 aromatic heterocycles. The first kappa shape index (κ1) is 19.9. The van der Waals surface area contributed by atoms with Gasteiger partial charge in [0, 0.05) is 20.6 Å². The molecule has 0 radical (unpaired) electrons. The average molecular weight is 381 g/mol. The monoisotopic (exact) mass is 380 g/mol. The normalized spacial score (nSPS) is 11.0. The zero-order chi connectivity index (χ0) is 18.1. The summed E-state index contributed by atoms with van der Waals surface area (Å²) < 4.78 is 2.79. The van der Waals surface area contributed by atoms with Crippen molar-refractivity contribution in [2.75, 3.05) is 19.4 Å². The van der Waals surface area contributed by atoms with Crippen molar-refractivity contribution in [2.45, 2.75) is 63.6 Å². The molecule has 0 aliphatic heterocycles. The third-order valence-electron chi connectivity index (χ3n) is 4.08. The van der Waals surface area contributed by atoms with E-state index in [1.54, 1.807) is 7.05 Å². The van der Waals surface area contributed by atoms with Gasteiger partial charge in [0.25, 0.3) is 0 Å². The quantitative estimate of drug-likeness (QED) is 0.277. The van der Waals surface area contributed by atoms with Crippen LogP contribution in [0.5, 0.6) is 0 Å². The number of hydrogen-bond acceptors (Lipinski definition) is 6. The third kappa shape index (κ3) is 5.81. The predicted octanol–water partition coefficient (Wildman–Crippen LogP) is 4.22. The van der Waals surface area contributed by atoms with Crippen molar-refractivity contribution < 1.29 is 0 Å². The third-order valence-corrected chi connectivity index (χ3v) is 5.29. The molecule has 0 fully saturated rings. The summed E-state index contributed by atoms with van der Waals surface area (Å²) in [4.78, 5) is 13.5. The molecule has 2 aromatic rings. The first-order valence-corrected chi connectivity index (χ1v) is 10.2. The Labute approximate surface area is 159 Å². The standard InChI is InChI=1S/C17H28N6S2/c1-4-5-6-7-8-9-10-11-23-12-20-15-13(23)14(18-2)21-16(22-15)25-17(24)19-3/h12H,4-11H2,1-3H3,(H,19,24)(H,18,21,22). The van der Waals surface area contributed by atoms with Crippen LogP contribution in [0.25, 0.3) is 11.2 Å². The van der Waals surface area contributed by atoms with Crippen LogP contribution in [0.3, 0.4) is 0 Å². The van der Waals surface area contributed by atoms with Crippen molar-refractivity contribution in [1.82, 2.24) is 24.8 Å². The second kappa shape index (κ2) is 10.6. The molecule has 0 saturated heterocycles. The van der Waals surface area contributed by atoms with Crippen molar-refractivity contribution in [3.63, 3.8) is 0 Å². The molecule has 8 heteroatoms. The van der Waals surface area contributed by atoms with Gasteiger partial charge >= 0.3 is 0 Å². The van der Waals surface area contributed by atoms with Crippen molar-refractivity contribution in [1.29, 1.82) is 0 Å². The molecule has 0 bridgehead atoms. The number of thioether (sulfide) groups is 1. The van der Waals surface area contributed by atoms with Crippen LogP contribution in [0.4, 0.5) is 5.82 Å². The molecule has 0 spiro atoms. The van der Waals surface area contributed by atoms with Gasteiger partial charge in [-0.2, -0.15) is 0 Å². The van der Waals surface area contributed by atoms with Crippen molar-refractivity contribution >= 4 is 45.3 Å². The summed E-state index contributed by atoms with van der Waals surface area (Å²) in [7, 11) is 3.67. The summed E-state index contributed by atoms with van der Waals surface area (Å²) in [6.45, 7) is 3.20. The van der Waals surface area contributed by atoms with Gasteiger partial charge in [0.05, 0.1) is 6.33 Å². The van der Waals surface area contributed by atoms with Crippen molar-refractivity contribution in [3.05, 3.63) is 6.33 Å². The number of nitrogens with zero attached hydrogens (tertiary/aromatic N) is 4. The van der Waals surface area contributed by atoms with Crippen LogP contribution in [0.15, 0.2) is 11.5 Å². The predicted molar refractivity (Wildman–Crippen MR) is 110 cm³/mol. The number of rotatable bonds is 10. The van der Waals surface area contributed by atoms with Gasteiger partial charge in [-0.3, -0.25) is 0 Å². The van der Waals surface area contributed by atoms with Gasteiger partial charge in [-0.1, -0.05) is 57.7 Å². The Bertz CT molecular complexity index is 685. The topological polar surface area (TPSA) is 67.7 Å². The molecule has 2 N–H and O–H groups in total. The number of aryl methyl sites for hydroxylation is 1. The molecule has 0 aliphatic carbocycles. The van der Waals surface area contributed by atoms with Crippen LogP contribution >= 0.6 is 24.0 Å². The smallest absolute Gasteiger partial charge is 0.198 e. The lowest BCUT2D eigenvalue weighted by Gasteiger charge is -2.09. The fraction of sp³-hybridized carbons (Fsp3) is 0.647. The Morgan fingerprint density at radius 2 is 1.84 bits per heavy atom. The number of aromatic nitrogens is 4. The highest BCUT2D eigenvalue weighted by Crippen LogP contribution is 2.24. The van der Waals surface area contributed by atoms with E-state index in [1.165, 1.54) is 50.3 Å². The molecule has 0 unspecified atom stereocenters. The Balaban J connectivity index is 2.00. The van der Waals surface area contributed by atoms with Gasteiger partial charge in [-0.25, -0.2) is 15.0 Å². The van der Waals surface area contributed by atoms with Crippen LogP contribution in [0, 0.1) is 0 Å². The maximum atomic E-state index is 5.18.